The highest BCUT2D eigenvalue weighted by Crippen LogP contribution is 2.45. The molecule has 0 aliphatic rings. The second-order valence-corrected chi connectivity index (χ2v) is 7.23. The molecule has 0 atom stereocenters. The number of halogens is 4. The first-order valence-corrected chi connectivity index (χ1v) is 8.65. The molecule has 10 heteroatoms. The van der Waals surface area contributed by atoms with E-state index in [4.69, 9.17) is 0 Å². The summed E-state index contributed by atoms with van der Waals surface area (Å²) in [6, 6.07) is 3.81. The van der Waals surface area contributed by atoms with Crippen LogP contribution in [0, 0.1) is 12.7 Å². The zero-order valence-electron chi connectivity index (χ0n) is 11.9. The molecule has 0 aliphatic heterocycles. The van der Waals surface area contributed by atoms with Gasteiger partial charge in [-0.3, -0.25) is 0 Å². The van der Waals surface area contributed by atoms with Gasteiger partial charge in [-0.25, -0.2) is 4.39 Å². The van der Waals surface area contributed by atoms with Crippen molar-refractivity contribution >= 4 is 21.7 Å². The van der Waals surface area contributed by atoms with Crippen LogP contribution in [0.25, 0.3) is 11.3 Å². The largest absolute Gasteiger partial charge is 0.430 e. The van der Waals surface area contributed by atoms with Gasteiger partial charge in [0.15, 0.2) is 10.6 Å². The van der Waals surface area contributed by atoms with E-state index >= 15 is 0 Å². The minimum Gasteiger partial charge on any atom is -0.378 e. The lowest BCUT2D eigenvalue weighted by Crippen LogP contribution is -2.14. The maximum absolute atomic E-state index is 14.0. The topological polar surface area (TPSA) is 56.3 Å². The lowest BCUT2D eigenvalue weighted by molar-refractivity contribution is -0.135. The third-order valence-corrected chi connectivity index (χ3v) is 4.85. The fourth-order valence-corrected chi connectivity index (χ4v) is 2.98. The SMILES string of the molecule is CCS(=O)(=O)Oc1c(-c2ccc(C)cc2F)nsc1C(F)(F)F. The molecular formula is C13H11F4NO3S2. The molecule has 0 fully saturated rings. The molecule has 4 nitrogen and oxygen atoms in total. The predicted molar refractivity (Wildman–Crippen MR) is 77.3 cm³/mol. The Morgan fingerprint density at radius 2 is 1.96 bits per heavy atom. The summed E-state index contributed by atoms with van der Waals surface area (Å²) in [4.78, 5) is -1.33. The second kappa shape index (κ2) is 6.08. The van der Waals surface area contributed by atoms with Gasteiger partial charge in [-0.2, -0.15) is 26.0 Å². The first-order valence-electron chi connectivity index (χ1n) is 6.30. The summed E-state index contributed by atoms with van der Waals surface area (Å²) in [7, 11) is -4.23. The molecule has 1 heterocycles. The van der Waals surface area contributed by atoms with Crippen LogP contribution in [-0.4, -0.2) is 18.5 Å². The molecule has 0 aliphatic carbocycles. The molecular weight excluding hydrogens is 358 g/mol. The van der Waals surface area contributed by atoms with Crippen molar-refractivity contribution in [1.29, 1.82) is 0 Å². The van der Waals surface area contributed by atoms with Gasteiger partial charge >= 0.3 is 16.3 Å². The van der Waals surface area contributed by atoms with Crippen molar-refractivity contribution in [1.82, 2.24) is 4.37 Å². The van der Waals surface area contributed by atoms with E-state index in [0.29, 0.717) is 5.56 Å². The molecule has 0 N–H and O–H groups in total. The van der Waals surface area contributed by atoms with Crippen LogP contribution in [-0.2, 0) is 16.3 Å². The molecule has 1 aromatic carbocycles. The minimum atomic E-state index is -4.87. The quantitative estimate of drug-likeness (QED) is 0.604. The summed E-state index contributed by atoms with van der Waals surface area (Å²) in [6.45, 7) is 2.82. The summed E-state index contributed by atoms with van der Waals surface area (Å²) < 4.78 is 84.3. The van der Waals surface area contributed by atoms with Gasteiger partial charge in [-0.05, 0) is 43.1 Å². The van der Waals surface area contributed by atoms with Crippen LogP contribution in [0.2, 0.25) is 0 Å². The van der Waals surface area contributed by atoms with Crippen molar-refractivity contribution in [2.75, 3.05) is 5.75 Å². The van der Waals surface area contributed by atoms with Gasteiger partial charge in [0.05, 0.1) is 5.75 Å². The zero-order valence-corrected chi connectivity index (χ0v) is 13.6. The average molecular weight is 369 g/mol. The third-order valence-electron chi connectivity index (χ3n) is 2.85. The van der Waals surface area contributed by atoms with Crippen molar-refractivity contribution < 1.29 is 30.2 Å². The molecule has 23 heavy (non-hydrogen) atoms. The van der Waals surface area contributed by atoms with Crippen molar-refractivity contribution in [3.8, 4) is 17.0 Å². The number of hydrogen-bond acceptors (Lipinski definition) is 5. The Labute approximate surface area is 134 Å². The van der Waals surface area contributed by atoms with Crippen molar-refractivity contribution in [2.45, 2.75) is 20.0 Å². The second-order valence-electron chi connectivity index (χ2n) is 4.60. The van der Waals surface area contributed by atoms with Gasteiger partial charge in [0.2, 0.25) is 0 Å². The van der Waals surface area contributed by atoms with Crippen LogP contribution in [0.1, 0.15) is 17.4 Å². The fraction of sp³-hybridized carbons (Fsp3) is 0.308. The monoisotopic (exact) mass is 369 g/mol. The predicted octanol–water partition coefficient (Wildman–Crippen LogP) is 4.00. The number of hydrogen-bond donors (Lipinski definition) is 0. The molecule has 0 amide bonds. The van der Waals surface area contributed by atoms with Gasteiger partial charge in [0.1, 0.15) is 11.5 Å². The van der Waals surface area contributed by atoms with Crippen molar-refractivity contribution in [3.05, 3.63) is 34.5 Å². The maximum atomic E-state index is 14.0. The molecule has 0 bridgehead atoms. The maximum Gasteiger partial charge on any atom is 0.430 e. The van der Waals surface area contributed by atoms with E-state index in [9.17, 15) is 26.0 Å². The highest BCUT2D eigenvalue weighted by atomic mass is 32.2. The van der Waals surface area contributed by atoms with Crippen molar-refractivity contribution in [3.63, 3.8) is 0 Å². The first-order chi connectivity index (χ1) is 10.5. The summed E-state index contributed by atoms with van der Waals surface area (Å²) >= 11 is 0.0109. The minimum absolute atomic E-state index is 0.0109. The van der Waals surface area contributed by atoms with Crippen LogP contribution in [0.15, 0.2) is 18.2 Å². The van der Waals surface area contributed by atoms with Crippen LogP contribution in [0.5, 0.6) is 5.75 Å². The molecule has 2 aromatic rings. The highest BCUT2D eigenvalue weighted by Gasteiger charge is 2.40. The Morgan fingerprint density at radius 3 is 2.48 bits per heavy atom. The standard InChI is InChI=1S/C13H11F4NO3S2/c1-3-23(19,20)21-11-10(18-22-12(11)13(15,16)17)8-5-4-7(2)6-9(8)14/h4-6H,3H2,1-2H3. The molecule has 0 spiro atoms. The van der Waals surface area contributed by atoms with Crippen LogP contribution >= 0.6 is 11.5 Å². The number of alkyl halides is 3. The molecule has 0 saturated heterocycles. The van der Waals surface area contributed by atoms with Crippen LogP contribution in [0.3, 0.4) is 0 Å². The number of rotatable bonds is 4. The number of aryl methyl sites for hydroxylation is 1. The van der Waals surface area contributed by atoms with E-state index in [2.05, 4.69) is 8.56 Å². The van der Waals surface area contributed by atoms with Gasteiger partial charge < -0.3 is 4.18 Å². The lowest BCUT2D eigenvalue weighted by atomic mass is 10.1. The highest BCUT2D eigenvalue weighted by molar-refractivity contribution is 7.87. The van der Waals surface area contributed by atoms with E-state index < -0.39 is 44.2 Å². The van der Waals surface area contributed by atoms with E-state index in [1.54, 1.807) is 6.92 Å². The average Bonchev–Trinajstić information content (AvgIpc) is 2.81. The molecule has 0 unspecified atom stereocenters. The van der Waals surface area contributed by atoms with Crippen molar-refractivity contribution in [2.24, 2.45) is 0 Å². The van der Waals surface area contributed by atoms with Gasteiger partial charge in [0.25, 0.3) is 0 Å². The summed E-state index contributed by atoms with van der Waals surface area (Å²) in [5.41, 5.74) is -0.193. The Kier molecular flexibility index (Phi) is 4.67. The molecule has 126 valence electrons. The fourth-order valence-electron chi connectivity index (χ4n) is 1.71. The zero-order chi connectivity index (χ0) is 17.4. The van der Waals surface area contributed by atoms with E-state index in [0.717, 1.165) is 6.07 Å². The summed E-state index contributed by atoms with van der Waals surface area (Å²) in [6.07, 6.45) is -4.87. The molecule has 1 aromatic heterocycles. The van der Waals surface area contributed by atoms with Gasteiger partial charge in [-0.15, -0.1) is 0 Å². The number of benzene rings is 1. The Balaban J connectivity index is 2.67. The van der Waals surface area contributed by atoms with Crippen LogP contribution in [0.4, 0.5) is 17.6 Å². The number of aromatic nitrogens is 1. The first kappa shape index (κ1) is 17.7. The lowest BCUT2D eigenvalue weighted by Gasteiger charge is -2.10. The normalized spacial score (nSPS) is 12.4. The molecule has 0 radical (unpaired) electrons. The molecule has 0 saturated carbocycles. The number of nitrogens with zero attached hydrogens (tertiary/aromatic N) is 1. The van der Waals surface area contributed by atoms with Crippen LogP contribution < -0.4 is 4.18 Å². The third kappa shape index (κ3) is 3.81. The van der Waals surface area contributed by atoms with Gasteiger partial charge in [-0.1, -0.05) is 6.07 Å². The van der Waals surface area contributed by atoms with E-state index in [1.165, 1.54) is 19.1 Å². The smallest absolute Gasteiger partial charge is 0.378 e. The Bertz CT molecular complexity index is 828. The van der Waals surface area contributed by atoms with E-state index in [1.807, 2.05) is 0 Å². The molecule has 2 rings (SSSR count). The van der Waals surface area contributed by atoms with Gasteiger partial charge in [0, 0.05) is 5.56 Å². The van der Waals surface area contributed by atoms with E-state index in [-0.39, 0.29) is 17.1 Å². The Morgan fingerprint density at radius 1 is 1.30 bits per heavy atom. The summed E-state index contributed by atoms with van der Waals surface area (Å²) in [5, 5.41) is 0. The summed E-state index contributed by atoms with van der Waals surface area (Å²) in [5.74, 6) is -2.34. The Hall–Kier alpha value is -1.68.